The van der Waals surface area contributed by atoms with Crippen LogP contribution in [0.15, 0.2) is 12.1 Å². The van der Waals surface area contributed by atoms with E-state index in [1.165, 1.54) is 0 Å². The van der Waals surface area contributed by atoms with Crippen molar-refractivity contribution in [1.82, 2.24) is 4.73 Å². The molecule has 1 heterocycles. The van der Waals surface area contributed by atoms with Crippen LogP contribution in [-0.2, 0) is 0 Å². The molecule has 1 rings (SSSR count). The van der Waals surface area contributed by atoms with E-state index in [1.807, 2.05) is 6.07 Å². The molecule has 1 aromatic heterocycles. The molecule has 0 aliphatic heterocycles. The summed E-state index contributed by atoms with van der Waals surface area (Å²) >= 11 is 0. The summed E-state index contributed by atoms with van der Waals surface area (Å²) in [5.74, 6) is 0. The van der Waals surface area contributed by atoms with Crippen LogP contribution in [0.4, 0.5) is 0 Å². The number of hydrogen-bond acceptors (Lipinski definition) is 2. The molecule has 3 nitrogen and oxygen atoms in total. The SMILES string of the molecule is Cc1ccc(C#N)n1O. The highest BCUT2D eigenvalue weighted by Gasteiger charge is 1.98. The summed E-state index contributed by atoms with van der Waals surface area (Å²) in [5.41, 5.74) is 0.944. The van der Waals surface area contributed by atoms with Crippen molar-refractivity contribution < 1.29 is 5.21 Å². The van der Waals surface area contributed by atoms with E-state index in [9.17, 15) is 0 Å². The topological polar surface area (TPSA) is 49.0 Å². The van der Waals surface area contributed by atoms with Crippen LogP contribution in [0.1, 0.15) is 11.4 Å². The lowest BCUT2D eigenvalue weighted by Crippen LogP contribution is -1.94. The van der Waals surface area contributed by atoms with Crippen molar-refractivity contribution in [3.63, 3.8) is 0 Å². The maximum absolute atomic E-state index is 8.93. The molecule has 0 atom stereocenters. The largest absolute Gasteiger partial charge is 0.427 e. The minimum Gasteiger partial charge on any atom is -0.427 e. The summed E-state index contributed by atoms with van der Waals surface area (Å²) in [7, 11) is 0. The van der Waals surface area contributed by atoms with Crippen LogP contribution in [0, 0.1) is 18.3 Å². The first-order valence-corrected chi connectivity index (χ1v) is 2.53. The molecule has 0 bridgehead atoms. The molecular weight excluding hydrogens is 116 g/mol. The standard InChI is InChI=1S/C6H6N2O/c1-5-2-3-6(4-7)8(5)9/h2-3,9H,1H3. The van der Waals surface area contributed by atoms with Gasteiger partial charge in [-0.05, 0) is 19.1 Å². The molecule has 0 unspecified atom stereocenters. The monoisotopic (exact) mass is 122 g/mol. The Balaban J connectivity index is 3.24. The molecule has 0 amide bonds. The Labute approximate surface area is 52.7 Å². The lowest BCUT2D eigenvalue weighted by Gasteiger charge is -1.92. The number of nitriles is 1. The summed E-state index contributed by atoms with van der Waals surface area (Å²) in [6.45, 7) is 1.72. The van der Waals surface area contributed by atoms with Gasteiger partial charge in [-0.1, -0.05) is 0 Å². The molecule has 46 valence electrons. The zero-order chi connectivity index (χ0) is 6.85. The van der Waals surface area contributed by atoms with Gasteiger partial charge in [-0.15, -0.1) is 0 Å². The van der Waals surface area contributed by atoms with E-state index < -0.39 is 0 Å². The van der Waals surface area contributed by atoms with Crippen LogP contribution in [-0.4, -0.2) is 9.94 Å². The summed E-state index contributed by atoms with van der Waals surface area (Å²) in [5, 5.41) is 17.2. The van der Waals surface area contributed by atoms with E-state index in [4.69, 9.17) is 10.5 Å². The van der Waals surface area contributed by atoms with E-state index in [2.05, 4.69) is 0 Å². The number of hydrogen-bond donors (Lipinski definition) is 1. The zero-order valence-electron chi connectivity index (χ0n) is 5.00. The summed E-state index contributed by atoms with van der Waals surface area (Å²) < 4.78 is 0.861. The second kappa shape index (κ2) is 1.82. The fourth-order valence-electron chi connectivity index (χ4n) is 0.615. The van der Waals surface area contributed by atoms with Gasteiger partial charge < -0.3 is 5.21 Å². The van der Waals surface area contributed by atoms with E-state index in [-0.39, 0.29) is 5.69 Å². The van der Waals surface area contributed by atoms with Gasteiger partial charge in [-0.3, -0.25) is 0 Å². The van der Waals surface area contributed by atoms with Crippen LogP contribution in [0.2, 0.25) is 0 Å². The van der Waals surface area contributed by atoms with Crippen LogP contribution in [0.25, 0.3) is 0 Å². The molecular formula is C6H6N2O. The predicted molar refractivity (Wildman–Crippen MR) is 31.1 cm³/mol. The van der Waals surface area contributed by atoms with Crippen LogP contribution in [0.5, 0.6) is 0 Å². The van der Waals surface area contributed by atoms with Crippen LogP contribution >= 0.6 is 0 Å². The molecule has 0 fully saturated rings. The maximum Gasteiger partial charge on any atom is 0.157 e. The molecule has 0 saturated heterocycles. The normalized spacial score (nSPS) is 8.89. The predicted octanol–water partition coefficient (Wildman–Crippen LogP) is 0.905. The first-order valence-electron chi connectivity index (χ1n) is 2.53. The first kappa shape index (κ1) is 5.70. The Kier molecular flexibility index (Phi) is 1.16. The van der Waals surface area contributed by atoms with Gasteiger partial charge in [-0.2, -0.15) is 9.99 Å². The Morgan fingerprint density at radius 1 is 1.67 bits per heavy atom. The molecule has 0 radical (unpaired) electrons. The first-order chi connectivity index (χ1) is 4.25. The number of aromatic nitrogens is 1. The van der Waals surface area contributed by atoms with Gasteiger partial charge in [0.05, 0.1) is 5.69 Å². The highest BCUT2D eigenvalue weighted by atomic mass is 16.5. The third-order valence-corrected chi connectivity index (χ3v) is 1.16. The van der Waals surface area contributed by atoms with Crippen LogP contribution < -0.4 is 0 Å². The number of nitrogens with zero attached hydrogens (tertiary/aromatic N) is 2. The number of aryl methyl sites for hydroxylation is 1. The molecule has 3 heteroatoms. The molecule has 1 N–H and O–H groups in total. The minimum atomic E-state index is 0.271. The summed E-state index contributed by atoms with van der Waals surface area (Å²) in [6.07, 6.45) is 0. The summed E-state index contributed by atoms with van der Waals surface area (Å²) in [4.78, 5) is 0. The molecule has 9 heavy (non-hydrogen) atoms. The molecule has 1 aromatic rings. The Hall–Kier alpha value is -1.43. The van der Waals surface area contributed by atoms with Crippen molar-refractivity contribution in [2.45, 2.75) is 6.92 Å². The lowest BCUT2D eigenvalue weighted by atomic mass is 10.5. The molecule has 0 saturated carbocycles. The van der Waals surface area contributed by atoms with Gasteiger partial charge in [0.2, 0.25) is 0 Å². The fraction of sp³-hybridized carbons (Fsp3) is 0.167. The van der Waals surface area contributed by atoms with Crippen molar-refractivity contribution in [3.05, 3.63) is 23.5 Å². The number of rotatable bonds is 0. The Morgan fingerprint density at radius 2 is 2.33 bits per heavy atom. The lowest BCUT2D eigenvalue weighted by molar-refractivity contribution is 0.178. The molecule has 0 aromatic carbocycles. The Morgan fingerprint density at radius 3 is 2.56 bits per heavy atom. The van der Waals surface area contributed by atoms with Crippen molar-refractivity contribution in [2.24, 2.45) is 0 Å². The minimum absolute atomic E-state index is 0.271. The van der Waals surface area contributed by atoms with E-state index in [0.29, 0.717) is 5.69 Å². The maximum atomic E-state index is 8.93. The highest BCUT2D eigenvalue weighted by molar-refractivity contribution is 5.24. The quantitative estimate of drug-likeness (QED) is 0.520. The van der Waals surface area contributed by atoms with Gasteiger partial charge in [0.1, 0.15) is 6.07 Å². The average molecular weight is 122 g/mol. The second-order valence-corrected chi connectivity index (χ2v) is 1.78. The van der Waals surface area contributed by atoms with E-state index >= 15 is 0 Å². The van der Waals surface area contributed by atoms with Crippen LogP contribution in [0.3, 0.4) is 0 Å². The second-order valence-electron chi connectivity index (χ2n) is 1.78. The van der Waals surface area contributed by atoms with E-state index in [1.54, 1.807) is 19.1 Å². The third kappa shape index (κ3) is 0.745. The highest BCUT2D eigenvalue weighted by Crippen LogP contribution is 2.02. The van der Waals surface area contributed by atoms with Crippen molar-refractivity contribution >= 4 is 0 Å². The van der Waals surface area contributed by atoms with Crippen molar-refractivity contribution in [2.75, 3.05) is 0 Å². The van der Waals surface area contributed by atoms with Crippen molar-refractivity contribution in [3.8, 4) is 6.07 Å². The van der Waals surface area contributed by atoms with Gasteiger partial charge in [0, 0.05) is 0 Å². The van der Waals surface area contributed by atoms with Gasteiger partial charge >= 0.3 is 0 Å². The van der Waals surface area contributed by atoms with E-state index in [0.717, 1.165) is 4.73 Å². The molecule has 0 spiro atoms. The smallest absolute Gasteiger partial charge is 0.157 e. The van der Waals surface area contributed by atoms with Gasteiger partial charge in [0.15, 0.2) is 5.69 Å². The fourth-order valence-corrected chi connectivity index (χ4v) is 0.615. The van der Waals surface area contributed by atoms with Crippen molar-refractivity contribution in [1.29, 1.82) is 5.26 Å². The molecule has 0 aliphatic rings. The Bertz CT molecular complexity index is 257. The zero-order valence-corrected chi connectivity index (χ0v) is 5.00. The third-order valence-electron chi connectivity index (χ3n) is 1.16. The average Bonchev–Trinajstić information content (AvgIpc) is 2.15. The van der Waals surface area contributed by atoms with Gasteiger partial charge in [0.25, 0.3) is 0 Å². The van der Waals surface area contributed by atoms with Gasteiger partial charge in [-0.25, -0.2) is 0 Å². The summed E-state index contributed by atoms with van der Waals surface area (Å²) in [6, 6.07) is 5.07. The molecule has 0 aliphatic carbocycles.